The SMILES string of the molecule is COCC(C)(C)C(=O)n1nc(C2CCN(S(C)(=O)=O)C(=O)C2C)c(F)c1SCc1ccc(Cl)s1. The minimum Gasteiger partial charge on any atom is -0.384 e. The van der Waals surface area contributed by atoms with Gasteiger partial charge >= 0.3 is 0 Å². The first-order valence-electron chi connectivity index (χ1n) is 10.5. The normalized spacial score (nSPS) is 19.6. The van der Waals surface area contributed by atoms with Gasteiger partial charge < -0.3 is 4.74 Å². The van der Waals surface area contributed by atoms with Gasteiger partial charge in [0, 0.05) is 36.1 Å². The summed E-state index contributed by atoms with van der Waals surface area (Å²) in [7, 11) is -2.25. The molecule has 0 radical (unpaired) electrons. The van der Waals surface area contributed by atoms with Crippen molar-refractivity contribution in [3.8, 4) is 0 Å². The number of thioether (sulfide) groups is 1. The van der Waals surface area contributed by atoms with Gasteiger partial charge in [0.2, 0.25) is 15.9 Å². The molecule has 0 N–H and O–H groups in total. The first-order chi connectivity index (χ1) is 15.8. The van der Waals surface area contributed by atoms with Crippen molar-refractivity contribution >= 4 is 56.5 Å². The molecule has 0 aliphatic carbocycles. The van der Waals surface area contributed by atoms with Crippen LogP contribution >= 0.6 is 34.7 Å². The topological polar surface area (TPSA) is 98.6 Å². The number of aromatic nitrogens is 2. The van der Waals surface area contributed by atoms with Crippen molar-refractivity contribution in [3.63, 3.8) is 0 Å². The number of rotatable bonds is 8. The second-order valence-electron chi connectivity index (χ2n) is 8.89. The van der Waals surface area contributed by atoms with E-state index in [1.807, 2.05) is 6.07 Å². The average Bonchev–Trinajstić information content (AvgIpc) is 3.29. The van der Waals surface area contributed by atoms with Crippen molar-refractivity contribution < 1.29 is 27.1 Å². The maximum absolute atomic E-state index is 15.8. The first-order valence-corrected chi connectivity index (χ1v) is 14.5. The Morgan fingerprint density at radius 2 is 2.09 bits per heavy atom. The van der Waals surface area contributed by atoms with Gasteiger partial charge in [-0.3, -0.25) is 9.59 Å². The van der Waals surface area contributed by atoms with E-state index in [9.17, 15) is 18.0 Å². The second-order valence-corrected chi connectivity index (χ2v) is 13.6. The van der Waals surface area contributed by atoms with Crippen LogP contribution in [0.1, 0.15) is 48.5 Å². The lowest BCUT2D eigenvalue weighted by Gasteiger charge is -2.34. The fraction of sp³-hybridized carbons (Fsp3) is 0.571. The summed E-state index contributed by atoms with van der Waals surface area (Å²) in [6.07, 6.45) is 1.17. The maximum atomic E-state index is 15.8. The van der Waals surface area contributed by atoms with Crippen molar-refractivity contribution in [3.05, 3.63) is 32.9 Å². The zero-order chi connectivity index (χ0) is 25.4. The molecule has 2 aromatic heterocycles. The third-order valence-corrected chi connectivity index (χ3v) is 9.36. The molecular weight excluding hydrogens is 525 g/mol. The van der Waals surface area contributed by atoms with Gasteiger partial charge in [0.25, 0.3) is 5.91 Å². The van der Waals surface area contributed by atoms with Gasteiger partial charge in [0.1, 0.15) is 10.7 Å². The molecule has 2 unspecified atom stereocenters. The molecule has 1 saturated heterocycles. The Labute approximate surface area is 211 Å². The van der Waals surface area contributed by atoms with Crippen LogP contribution in [0, 0.1) is 17.2 Å². The van der Waals surface area contributed by atoms with Crippen molar-refractivity contribution in [2.45, 2.75) is 43.9 Å². The highest BCUT2D eigenvalue weighted by atomic mass is 35.5. The Balaban J connectivity index is 2.00. The van der Waals surface area contributed by atoms with Crippen molar-refractivity contribution in [2.24, 2.45) is 11.3 Å². The Morgan fingerprint density at radius 3 is 2.65 bits per heavy atom. The number of thiophene rings is 1. The lowest BCUT2D eigenvalue weighted by Crippen LogP contribution is -2.46. The standard InChI is InChI=1S/C21H27ClFN3O5S3/c1-12-14(8-9-25(18(12)27)34(5,29)30)17-16(23)19(32-10-13-6-7-15(22)33-13)26(24-17)20(28)21(2,3)11-31-4/h6-7,12,14H,8-11H2,1-5H3. The van der Waals surface area contributed by atoms with Crippen LogP contribution in [0.3, 0.4) is 0 Å². The number of halogens is 2. The number of amides is 1. The smallest absolute Gasteiger partial charge is 0.255 e. The average molecular weight is 552 g/mol. The van der Waals surface area contributed by atoms with Gasteiger partial charge in [-0.25, -0.2) is 17.1 Å². The van der Waals surface area contributed by atoms with Crippen molar-refractivity contribution in [1.82, 2.24) is 14.1 Å². The molecule has 0 saturated carbocycles. The number of hydrogen-bond acceptors (Lipinski definition) is 8. The number of ether oxygens (including phenoxy) is 1. The molecule has 1 aliphatic heterocycles. The van der Waals surface area contributed by atoms with Crippen LogP contribution in [0.5, 0.6) is 0 Å². The Morgan fingerprint density at radius 1 is 1.41 bits per heavy atom. The van der Waals surface area contributed by atoms with Crippen LogP contribution in [0.25, 0.3) is 0 Å². The van der Waals surface area contributed by atoms with Gasteiger partial charge in [0.05, 0.1) is 22.6 Å². The summed E-state index contributed by atoms with van der Waals surface area (Å²) >= 11 is 8.48. The van der Waals surface area contributed by atoms with E-state index in [1.54, 1.807) is 26.8 Å². The Bertz CT molecular complexity index is 1190. The summed E-state index contributed by atoms with van der Waals surface area (Å²) in [4.78, 5) is 27.0. The number of piperidine rings is 1. The number of methoxy groups -OCH3 is 1. The summed E-state index contributed by atoms with van der Waals surface area (Å²) in [6, 6.07) is 3.58. The highest BCUT2D eigenvalue weighted by Crippen LogP contribution is 2.39. The van der Waals surface area contributed by atoms with E-state index >= 15 is 4.39 Å². The van der Waals surface area contributed by atoms with E-state index in [0.717, 1.165) is 31.9 Å². The lowest BCUT2D eigenvalue weighted by atomic mass is 9.84. The molecule has 1 fully saturated rings. The summed E-state index contributed by atoms with van der Waals surface area (Å²) in [5.41, 5.74) is -0.991. The van der Waals surface area contributed by atoms with Gasteiger partial charge in [0.15, 0.2) is 5.82 Å². The molecule has 0 aromatic carbocycles. The zero-order valence-electron chi connectivity index (χ0n) is 19.5. The zero-order valence-corrected chi connectivity index (χ0v) is 22.7. The van der Waals surface area contributed by atoms with E-state index in [0.29, 0.717) is 10.1 Å². The molecule has 13 heteroatoms. The highest BCUT2D eigenvalue weighted by Gasteiger charge is 2.42. The Kier molecular flexibility index (Phi) is 8.18. The molecule has 3 heterocycles. The highest BCUT2D eigenvalue weighted by molar-refractivity contribution is 7.98. The van der Waals surface area contributed by atoms with Crippen LogP contribution in [0.15, 0.2) is 17.2 Å². The van der Waals surface area contributed by atoms with E-state index in [-0.39, 0.29) is 30.3 Å². The lowest BCUT2D eigenvalue weighted by molar-refractivity contribution is -0.133. The van der Waals surface area contributed by atoms with E-state index in [2.05, 4.69) is 5.10 Å². The summed E-state index contributed by atoms with van der Waals surface area (Å²) < 4.78 is 47.3. The third-order valence-electron chi connectivity index (χ3n) is 5.70. The summed E-state index contributed by atoms with van der Waals surface area (Å²) in [6.45, 7) is 4.96. The number of nitrogens with zero attached hydrogens (tertiary/aromatic N) is 3. The molecule has 1 aliphatic rings. The number of carbonyl (C=O) groups excluding carboxylic acids is 2. The predicted octanol–water partition coefficient (Wildman–Crippen LogP) is 4.25. The molecule has 8 nitrogen and oxygen atoms in total. The monoisotopic (exact) mass is 551 g/mol. The molecule has 0 bridgehead atoms. The third kappa shape index (κ3) is 5.51. The van der Waals surface area contributed by atoms with Crippen LogP contribution < -0.4 is 0 Å². The molecule has 188 valence electrons. The maximum Gasteiger partial charge on any atom is 0.255 e. The molecule has 1 amide bonds. The number of carbonyl (C=O) groups is 2. The Hall–Kier alpha value is -1.47. The minimum absolute atomic E-state index is 0.0118. The van der Waals surface area contributed by atoms with Gasteiger partial charge in [-0.05, 0) is 32.4 Å². The van der Waals surface area contributed by atoms with Crippen LogP contribution in [0.2, 0.25) is 4.34 Å². The fourth-order valence-electron chi connectivity index (χ4n) is 3.90. The van der Waals surface area contributed by atoms with Crippen LogP contribution in [0.4, 0.5) is 4.39 Å². The molecular formula is C21H27ClFN3O5S3. The summed E-state index contributed by atoms with van der Waals surface area (Å²) in [5, 5.41) is 4.38. The van der Waals surface area contributed by atoms with Gasteiger partial charge in [-0.2, -0.15) is 9.78 Å². The second kappa shape index (κ2) is 10.3. The molecule has 34 heavy (non-hydrogen) atoms. The van der Waals surface area contributed by atoms with Crippen molar-refractivity contribution in [1.29, 1.82) is 0 Å². The fourth-order valence-corrected chi connectivity index (χ4v) is 6.97. The molecule has 0 spiro atoms. The van der Waals surface area contributed by atoms with Crippen LogP contribution in [-0.2, 0) is 25.3 Å². The first kappa shape index (κ1) is 27.1. The molecule has 2 aromatic rings. The molecule has 3 rings (SSSR count). The van der Waals surface area contributed by atoms with E-state index in [4.69, 9.17) is 16.3 Å². The number of hydrogen-bond donors (Lipinski definition) is 0. The van der Waals surface area contributed by atoms with E-state index in [1.165, 1.54) is 18.4 Å². The minimum atomic E-state index is -3.72. The number of sulfonamides is 1. The van der Waals surface area contributed by atoms with Crippen molar-refractivity contribution in [2.75, 3.05) is 26.5 Å². The quantitative estimate of drug-likeness (QED) is 0.452. The van der Waals surface area contributed by atoms with E-state index < -0.39 is 44.9 Å². The molecule has 2 atom stereocenters. The largest absolute Gasteiger partial charge is 0.384 e. The summed E-state index contributed by atoms with van der Waals surface area (Å²) in [5.74, 6) is -2.84. The van der Waals surface area contributed by atoms with Gasteiger partial charge in [-0.1, -0.05) is 30.3 Å². The predicted molar refractivity (Wildman–Crippen MR) is 130 cm³/mol. The van der Waals surface area contributed by atoms with Gasteiger partial charge in [-0.15, -0.1) is 11.3 Å². The van der Waals surface area contributed by atoms with Crippen LogP contribution in [-0.4, -0.2) is 60.8 Å².